The Labute approximate surface area is 278 Å². The molecule has 0 saturated heterocycles. The molecule has 11 heteroatoms. The molecule has 1 heterocycles. The minimum Gasteiger partial charge on any atom is -0.483 e. The molecule has 238 valence electrons. The first kappa shape index (κ1) is 34.2. The second kappa shape index (κ2) is 13.7. The van der Waals surface area contributed by atoms with Crippen molar-refractivity contribution in [2.24, 2.45) is 0 Å². The highest BCUT2D eigenvalue weighted by Gasteiger charge is 2.27. The summed E-state index contributed by atoms with van der Waals surface area (Å²) in [7, 11) is 0. The molecule has 0 spiro atoms. The molecule has 0 unspecified atom stereocenters. The summed E-state index contributed by atoms with van der Waals surface area (Å²) in [5.41, 5.74) is 2.53. The Balaban J connectivity index is 1.45. The molecule has 0 radical (unpaired) electrons. The summed E-state index contributed by atoms with van der Waals surface area (Å²) in [6, 6.07) is 16.7. The molecular formula is C34H37Cl3N4O4. The van der Waals surface area contributed by atoms with Gasteiger partial charge in [0.25, 0.3) is 17.4 Å². The van der Waals surface area contributed by atoms with E-state index < -0.39 is 11.5 Å². The van der Waals surface area contributed by atoms with Crippen molar-refractivity contribution < 1.29 is 14.3 Å². The highest BCUT2D eigenvalue weighted by molar-refractivity contribution is 6.40. The topological polar surface area (TPSA) is 105 Å². The number of hydrogen-bond acceptors (Lipinski definition) is 4. The summed E-state index contributed by atoms with van der Waals surface area (Å²) in [6.45, 7) is 12.9. The smallest absolute Gasteiger partial charge is 0.273 e. The molecule has 0 saturated carbocycles. The van der Waals surface area contributed by atoms with E-state index in [9.17, 15) is 14.4 Å². The first-order chi connectivity index (χ1) is 21.1. The number of ether oxygens (including phenoxy) is 1. The number of carbonyl (C=O) groups excluding carboxylic acids is 2. The van der Waals surface area contributed by atoms with Crippen LogP contribution >= 0.6 is 34.8 Å². The van der Waals surface area contributed by atoms with E-state index in [4.69, 9.17) is 39.5 Å². The molecule has 0 aliphatic carbocycles. The predicted molar refractivity (Wildman–Crippen MR) is 183 cm³/mol. The molecule has 0 aliphatic rings. The van der Waals surface area contributed by atoms with Crippen molar-refractivity contribution in [1.82, 2.24) is 9.78 Å². The molecule has 3 N–H and O–H groups in total. The number of H-pyrrole nitrogens is 1. The van der Waals surface area contributed by atoms with Gasteiger partial charge in [0.05, 0.1) is 10.0 Å². The lowest BCUT2D eigenvalue weighted by Gasteiger charge is -2.30. The van der Waals surface area contributed by atoms with Crippen LogP contribution in [0.2, 0.25) is 15.1 Å². The highest BCUT2D eigenvalue weighted by Crippen LogP contribution is 2.38. The number of aromatic amines is 1. The van der Waals surface area contributed by atoms with Crippen LogP contribution in [0, 0.1) is 0 Å². The monoisotopic (exact) mass is 670 g/mol. The summed E-state index contributed by atoms with van der Waals surface area (Å²) >= 11 is 18.5. The number of nitrogens with zero attached hydrogens (tertiary/aromatic N) is 1. The van der Waals surface area contributed by atoms with E-state index in [1.807, 2.05) is 6.07 Å². The standard InChI is InChI=1S/C34H37Cl3N4O4/c1-7-33(3,4)21-12-13-27(24(15-21)34(5,6)8-2)45-19-29(42)38-23-11-9-10-20(14-23)32(44)39-28-18-30(43)41(40-28)31-25(36)16-22(35)17-26(31)37/h9-18,40H,7-8,19H2,1-6H3,(H,38,42)(H,39,44). The van der Waals surface area contributed by atoms with Gasteiger partial charge in [-0.25, -0.2) is 4.68 Å². The second-order valence-corrected chi connectivity index (χ2v) is 13.4. The van der Waals surface area contributed by atoms with Crippen LogP contribution in [-0.2, 0) is 15.6 Å². The van der Waals surface area contributed by atoms with Gasteiger partial charge in [-0.05, 0) is 65.6 Å². The highest BCUT2D eigenvalue weighted by atomic mass is 35.5. The van der Waals surface area contributed by atoms with Crippen molar-refractivity contribution in [1.29, 1.82) is 0 Å². The van der Waals surface area contributed by atoms with E-state index in [1.54, 1.807) is 18.2 Å². The maximum atomic E-state index is 13.0. The third kappa shape index (κ3) is 7.93. The van der Waals surface area contributed by atoms with Crippen LogP contribution in [0.5, 0.6) is 5.75 Å². The van der Waals surface area contributed by atoms with Crippen molar-refractivity contribution in [3.8, 4) is 11.4 Å². The van der Waals surface area contributed by atoms with E-state index in [2.05, 4.69) is 69.4 Å². The Kier molecular flexibility index (Phi) is 10.4. The molecule has 8 nitrogen and oxygen atoms in total. The molecule has 4 rings (SSSR count). The number of carbonyl (C=O) groups is 2. The largest absolute Gasteiger partial charge is 0.483 e. The fraction of sp³-hybridized carbons (Fsp3) is 0.324. The number of hydrogen-bond donors (Lipinski definition) is 3. The van der Waals surface area contributed by atoms with Gasteiger partial charge in [-0.2, -0.15) is 0 Å². The minimum atomic E-state index is -0.509. The van der Waals surface area contributed by atoms with Crippen molar-refractivity contribution in [2.75, 3.05) is 17.2 Å². The molecule has 0 fully saturated rings. The molecule has 1 aromatic heterocycles. The van der Waals surface area contributed by atoms with Gasteiger partial charge in [-0.1, -0.05) is 94.5 Å². The average molecular weight is 672 g/mol. The maximum Gasteiger partial charge on any atom is 0.273 e. The quantitative estimate of drug-likeness (QED) is 0.148. The van der Waals surface area contributed by atoms with Gasteiger partial charge in [0.2, 0.25) is 0 Å². The predicted octanol–water partition coefficient (Wildman–Crippen LogP) is 8.77. The Hall–Kier alpha value is -3.72. The lowest BCUT2D eigenvalue weighted by atomic mass is 9.76. The zero-order valence-corrected chi connectivity index (χ0v) is 28.4. The van der Waals surface area contributed by atoms with E-state index in [-0.39, 0.29) is 50.5 Å². The second-order valence-electron chi connectivity index (χ2n) is 12.1. The summed E-state index contributed by atoms with van der Waals surface area (Å²) < 4.78 is 7.15. The number of aromatic nitrogens is 2. The van der Waals surface area contributed by atoms with E-state index >= 15 is 0 Å². The van der Waals surface area contributed by atoms with Gasteiger partial charge in [-0.15, -0.1) is 0 Å². The zero-order chi connectivity index (χ0) is 33.1. The van der Waals surface area contributed by atoms with Gasteiger partial charge in [0.15, 0.2) is 6.61 Å². The molecular weight excluding hydrogens is 635 g/mol. The summed E-state index contributed by atoms with van der Waals surface area (Å²) in [5.74, 6) is -0.0913. The third-order valence-corrected chi connectivity index (χ3v) is 8.99. The summed E-state index contributed by atoms with van der Waals surface area (Å²) in [5, 5.41) is 8.86. The van der Waals surface area contributed by atoms with Crippen molar-refractivity contribution >= 4 is 58.1 Å². The first-order valence-corrected chi connectivity index (χ1v) is 15.7. The number of anilines is 2. The van der Waals surface area contributed by atoms with Crippen molar-refractivity contribution in [3.63, 3.8) is 0 Å². The maximum absolute atomic E-state index is 13.0. The molecule has 45 heavy (non-hydrogen) atoms. The molecule has 0 bridgehead atoms. The Morgan fingerprint density at radius 3 is 2.18 bits per heavy atom. The van der Waals surface area contributed by atoms with Crippen molar-refractivity contribution in [2.45, 2.75) is 65.2 Å². The Bertz CT molecular complexity index is 1770. The SMILES string of the molecule is CCC(C)(C)c1ccc(OCC(=O)Nc2cccc(C(=O)Nc3cc(=O)n(-c4c(Cl)cc(Cl)cc4Cl)[nH]3)c2)c(C(C)(C)CC)c1. The number of amides is 2. The van der Waals surface area contributed by atoms with Crippen LogP contribution in [0.15, 0.2) is 65.5 Å². The van der Waals surface area contributed by atoms with Gasteiger partial charge in [-0.3, -0.25) is 19.5 Å². The normalized spacial score (nSPS) is 11.8. The van der Waals surface area contributed by atoms with Gasteiger partial charge < -0.3 is 15.4 Å². The number of nitrogens with one attached hydrogen (secondary N) is 3. The average Bonchev–Trinajstić information content (AvgIpc) is 3.34. The minimum absolute atomic E-state index is 0.0171. The van der Waals surface area contributed by atoms with Crippen LogP contribution in [0.1, 0.15) is 75.9 Å². The molecule has 0 atom stereocenters. The third-order valence-electron chi connectivity index (χ3n) is 8.20. The number of halogens is 3. The summed E-state index contributed by atoms with van der Waals surface area (Å²) in [6.07, 6.45) is 1.90. The van der Waals surface area contributed by atoms with E-state index in [0.29, 0.717) is 16.5 Å². The molecule has 4 aromatic rings. The van der Waals surface area contributed by atoms with Crippen molar-refractivity contribution in [3.05, 3.63) is 103 Å². The summed E-state index contributed by atoms with van der Waals surface area (Å²) in [4.78, 5) is 38.6. The van der Waals surface area contributed by atoms with Gasteiger partial charge in [0.1, 0.15) is 17.3 Å². The lowest BCUT2D eigenvalue weighted by molar-refractivity contribution is -0.118. The zero-order valence-electron chi connectivity index (χ0n) is 26.1. The fourth-order valence-electron chi connectivity index (χ4n) is 4.65. The van der Waals surface area contributed by atoms with Gasteiger partial charge >= 0.3 is 0 Å². The van der Waals surface area contributed by atoms with Crippen LogP contribution < -0.4 is 20.9 Å². The van der Waals surface area contributed by atoms with E-state index in [0.717, 1.165) is 23.1 Å². The Morgan fingerprint density at radius 1 is 0.867 bits per heavy atom. The Morgan fingerprint density at radius 2 is 1.53 bits per heavy atom. The molecule has 3 aromatic carbocycles. The van der Waals surface area contributed by atoms with Crippen LogP contribution in [0.3, 0.4) is 0 Å². The first-order valence-electron chi connectivity index (χ1n) is 14.6. The molecule has 0 aliphatic heterocycles. The van der Waals surface area contributed by atoms with Crippen LogP contribution in [0.4, 0.5) is 11.5 Å². The fourth-order valence-corrected chi connectivity index (χ4v) is 5.63. The number of benzene rings is 3. The van der Waals surface area contributed by atoms with Crippen LogP contribution in [-0.4, -0.2) is 28.2 Å². The van der Waals surface area contributed by atoms with Crippen LogP contribution in [0.25, 0.3) is 5.69 Å². The van der Waals surface area contributed by atoms with Gasteiger partial charge in [0, 0.05) is 27.9 Å². The lowest BCUT2D eigenvalue weighted by Crippen LogP contribution is -2.24. The number of rotatable bonds is 11. The van der Waals surface area contributed by atoms with E-state index in [1.165, 1.54) is 29.8 Å². The molecule has 2 amide bonds.